The number of carbonyl (C=O) groups excluding carboxylic acids is 1. The lowest BCUT2D eigenvalue weighted by atomic mass is 9.98. The van der Waals surface area contributed by atoms with Crippen molar-refractivity contribution in [2.24, 2.45) is 0 Å². The first-order valence-electron chi connectivity index (χ1n) is 8.18. The third-order valence-electron chi connectivity index (χ3n) is 4.41. The van der Waals surface area contributed by atoms with Crippen LogP contribution in [-0.2, 0) is 19.0 Å². The van der Waals surface area contributed by atoms with E-state index in [4.69, 9.17) is 19.3 Å². The van der Waals surface area contributed by atoms with Crippen LogP contribution in [0.25, 0.3) is 0 Å². The standard InChI is InChI=1S/C14H24INO11/c15-1-6(18)16-13-11(23)9(21)8(20)5(26-13)3-25-14-12(24)10(22)7(19)4(2-17)27-14/h4-5,7-14,17,19-24H,1-3H2,(H,16,18)/t4?,5?,7-,8-,9?,10?,11?,12?,13-,14-/m1/s1. The third kappa shape index (κ3) is 5.24. The average Bonchev–Trinajstić information content (AvgIpc) is 2.66. The monoisotopic (exact) mass is 509 g/mol. The zero-order valence-corrected chi connectivity index (χ0v) is 16.2. The van der Waals surface area contributed by atoms with Crippen molar-refractivity contribution in [3.63, 3.8) is 0 Å². The number of alkyl halides is 1. The number of halogens is 1. The first-order valence-corrected chi connectivity index (χ1v) is 9.70. The molecule has 0 aromatic heterocycles. The van der Waals surface area contributed by atoms with Crippen molar-refractivity contribution >= 4 is 28.5 Å². The molecular formula is C14H24INO11. The van der Waals surface area contributed by atoms with Gasteiger partial charge in [0.15, 0.2) is 12.5 Å². The van der Waals surface area contributed by atoms with Crippen LogP contribution in [0.4, 0.5) is 0 Å². The molecule has 0 spiro atoms. The molecule has 0 aromatic carbocycles. The minimum Gasteiger partial charge on any atom is -0.394 e. The maximum absolute atomic E-state index is 11.5. The summed E-state index contributed by atoms with van der Waals surface area (Å²) in [5.41, 5.74) is 0. The lowest BCUT2D eigenvalue weighted by molar-refractivity contribution is -0.314. The molecule has 10 atom stereocenters. The van der Waals surface area contributed by atoms with Gasteiger partial charge >= 0.3 is 0 Å². The van der Waals surface area contributed by atoms with Gasteiger partial charge in [-0.25, -0.2) is 0 Å². The summed E-state index contributed by atoms with van der Waals surface area (Å²) in [5.74, 6) is -0.461. The molecule has 2 heterocycles. The second-order valence-corrected chi connectivity index (χ2v) is 7.06. The number of hydrogen-bond donors (Lipinski definition) is 8. The predicted molar refractivity (Wildman–Crippen MR) is 93.4 cm³/mol. The number of nitrogens with one attached hydrogen (secondary N) is 1. The summed E-state index contributed by atoms with van der Waals surface area (Å²) in [6, 6.07) is 0. The number of hydrogen-bond acceptors (Lipinski definition) is 11. The molecular weight excluding hydrogens is 485 g/mol. The second-order valence-electron chi connectivity index (χ2n) is 6.30. The first kappa shape index (κ1) is 23.1. The van der Waals surface area contributed by atoms with Crippen LogP contribution in [0.1, 0.15) is 0 Å². The molecule has 2 fully saturated rings. The molecule has 2 rings (SSSR count). The Bertz CT molecular complexity index is 498. The number of amides is 1. The Morgan fingerprint density at radius 2 is 1.48 bits per heavy atom. The van der Waals surface area contributed by atoms with Gasteiger partial charge in [0.05, 0.1) is 17.6 Å². The Morgan fingerprint density at radius 3 is 2.07 bits per heavy atom. The van der Waals surface area contributed by atoms with Crippen molar-refractivity contribution in [3.8, 4) is 0 Å². The summed E-state index contributed by atoms with van der Waals surface area (Å²) < 4.78 is 15.9. The van der Waals surface area contributed by atoms with Crippen LogP contribution in [0.15, 0.2) is 0 Å². The topological polar surface area (TPSA) is 198 Å². The van der Waals surface area contributed by atoms with Gasteiger partial charge in [0, 0.05) is 0 Å². The molecule has 0 aromatic rings. The molecule has 2 aliphatic rings. The smallest absolute Gasteiger partial charge is 0.231 e. The van der Waals surface area contributed by atoms with Crippen molar-refractivity contribution in [3.05, 3.63) is 0 Å². The largest absolute Gasteiger partial charge is 0.394 e. The van der Waals surface area contributed by atoms with Crippen molar-refractivity contribution in [1.29, 1.82) is 0 Å². The van der Waals surface area contributed by atoms with Gasteiger partial charge in [-0.1, -0.05) is 22.6 Å². The molecule has 27 heavy (non-hydrogen) atoms. The van der Waals surface area contributed by atoms with E-state index in [0.717, 1.165) is 0 Å². The van der Waals surface area contributed by atoms with E-state index in [-0.39, 0.29) is 4.43 Å². The average molecular weight is 509 g/mol. The molecule has 158 valence electrons. The summed E-state index contributed by atoms with van der Waals surface area (Å²) in [4.78, 5) is 11.5. The van der Waals surface area contributed by atoms with E-state index in [1.807, 2.05) is 0 Å². The highest BCUT2D eigenvalue weighted by Crippen LogP contribution is 2.25. The highest BCUT2D eigenvalue weighted by Gasteiger charge is 2.47. The number of carbonyl (C=O) groups is 1. The van der Waals surface area contributed by atoms with Gasteiger partial charge in [-0.05, 0) is 0 Å². The lowest BCUT2D eigenvalue weighted by Crippen LogP contribution is -2.64. The van der Waals surface area contributed by atoms with Crippen molar-refractivity contribution in [2.45, 2.75) is 61.3 Å². The third-order valence-corrected chi connectivity index (χ3v) is 5.10. The fraction of sp³-hybridized carbons (Fsp3) is 0.929. The van der Waals surface area contributed by atoms with Crippen LogP contribution in [0.2, 0.25) is 0 Å². The highest BCUT2D eigenvalue weighted by atomic mass is 127. The molecule has 13 heteroatoms. The van der Waals surface area contributed by atoms with E-state index >= 15 is 0 Å². The number of aliphatic hydroxyl groups excluding tert-OH is 7. The van der Waals surface area contributed by atoms with Crippen molar-refractivity contribution < 1.29 is 54.8 Å². The fourth-order valence-corrected chi connectivity index (χ4v) is 3.02. The van der Waals surface area contributed by atoms with Gasteiger partial charge in [-0.3, -0.25) is 4.79 Å². The van der Waals surface area contributed by atoms with Gasteiger partial charge in [0.2, 0.25) is 5.91 Å². The quantitative estimate of drug-likeness (QED) is 0.126. The normalized spacial score (nSPS) is 45.5. The lowest BCUT2D eigenvalue weighted by Gasteiger charge is -2.42. The minimum absolute atomic E-state index is 0.0784. The summed E-state index contributed by atoms with van der Waals surface area (Å²) in [7, 11) is 0. The van der Waals surface area contributed by atoms with E-state index in [1.165, 1.54) is 0 Å². The van der Waals surface area contributed by atoms with Crippen LogP contribution < -0.4 is 5.32 Å². The summed E-state index contributed by atoms with van der Waals surface area (Å²) >= 11 is 1.79. The fourth-order valence-electron chi connectivity index (χ4n) is 2.80. The molecule has 6 unspecified atom stereocenters. The summed E-state index contributed by atoms with van der Waals surface area (Å²) in [6.07, 6.45) is -14.8. The molecule has 12 nitrogen and oxygen atoms in total. The first-order chi connectivity index (χ1) is 12.7. The van der Waals surface area contributed by atoms with Gasteiger partial charge < -0.3 is 55.3 Å². The Kier molecular flexibility index (Phi) is 8.56. The predicted octanol–water partition coefficient (Wildman–Crippen LogP) is -4.84. The summed E-state index contributed by atoms with van der Waals surface area (Å²) in [5, 5.41) is 70.8. The molecule has 2 saturated heterocycles. The van der Waals surface area contributed by atoms with Crippen LogP contribution in [0.3, 0.4) is 0 Å². The molecule has 8 N–H and O–H groups in total. The Balaban J connectivity index is 1.99. The van der Waals surface area contributed by atoms with Gasteiger partial charge in [0.25, 0.3) is 0 Å². The number of rotatable bonds is 6. The molecule has 0 radical (unpaired) electrons. The minimum atomic E-state index is -1.64. The second kappa shape index (κ2) is 10.0. The Labute approximate surface area is 167 Å². The Hall–Kier alpha value is -0.200. The molecule has 1 amide bonds. The van der Waals surface area contributed by atoms with Crippen LogP contribution in [-0.4, -0.2) is 121 Å². The van der Waals surface area contributed by atoms with E-state index < -0.39 is 80.5 Å². The highest BCUT2D eigenvalue weighted by molar-refractivity contribution is 14.1. The van der Waals surface area contributed by atoms with Crippen LogP contribution >= 0.6 is 22.6 Å². The molecule has 0 bridgehead atoms. The van der Waals surface area contributed by atoms with Crippen LogP contribution in [0, 0.1) is 0 Å². The van der Waals surface area contributed by atoms with Gasteiger partial charge in [0.1, 0.15) is 48.8 Å². The molecule has 2 aliphatic heterocycles. The molecule has 0 saturated carbocycles. The summed E-state index contributed by atoms with van der Waals surface area (Å²) in [6.45, 7) is -1.09. The Morgan fingerprint density at radius 1 is 0.889 bits per heavy atom. The van der Waals surface area contributed by atoms with Crippen LogP contribution in [0.5, 0.6) is 0 Å². The van der Waals surface area contributed by atoms with Crippen molar-refractivity contribution in [2.75, 3.05) is 17.6 Å². The maximum atomic E-state index is 11.5. The molecule has 0 aliphatic carbocycles. The zero-order valence-electron chi connectivity index (χ0n) is 14.0. The van der Waals surface area contributed by atoms with E-state index in [2.05, 4.69) is 5.32 Å². The number of ether oxygens (including phenoxy) is 3. The van der Waals surface area contributed by atoms with Gasteiger partial charge in [-0.15, -0.1) is 0 Å². The van der Waals surface area contributed by atoms with Crippen molar-refractivity contribution in [1.82, 2.24) is 5.32 Å². The van der Waals surface area contributed by atoms with Gasteiger partial charge in [-0.2, -0.15) is 0 Å². The van der Waals surface area contributed by atoms with E-state index in [9.17, 15) is 35.4 Å². The maximum Gasteiger partial charge on any atom is 0.231 e. The van der Waals surface area contributed by atoms with E-state index in [1.54, 1.807) is 22.6 Å². The zero-order chi connectivity index (χ0) is 20.3. The SMILES string of the molecule is O=C(CI)N[C@@H]1OC(CO[C@@H]2OC(CO)[C@@H](O)C(O)C2O)[C@@H](O)C(O)C1O. The number of aliphatic hydroxyl groups is 7. The van der Waals surface area contributed by atoms with E-state index in [0.29, 0.717) is 0 Å².